The first-order valence-electron chi connectivity index (χ1n) is 24.9. The van der Waals surface area contributed by atoms with E-state index in [9.17, 15) is 53.8 Å². The number of aliphatic hydroxyl groups is 4. The molecule has 0 amide bonds. The average Bonchev–Trinajstić information content (AvgIpc) is 3.26. The topological polar surface area (TPSA) is 256 Å². The molecule has 0 spiro atoms. The van der Waals surface area contributed by atoms with Crippen molar-refractivity contribution in [3.63, 3.8) is 0 Å². The molecule has 0 bridgehead atoms. The van der Waals surface area contributed by atoms with Gasteiger partial charge in [0.15, 0.2) is 6.10 Å². The van der Waals surface area contributed by atoms with Crippen molar-refractivity contribution in [2.75, 3.05) is 13.2 Å². The number of phosphoric ester groups is 2. The SMILES string of the molecule is CCCCCCCCC=CCCCCCCCCCC(=O)OCC(COP(=O)(O)OC1C(O)C(O)C(O)C(OP(=O)(O)O)C1O)OC(=O)CCCCCCCC=CCCCCCCCC. The maximum absolute atomic E-state index is 13.0. The van der Waals surface area contributed by atoms with Crippen molar-refractivity contribution < 1.29 is 76.9 Å². The highest BCUT2D eigenvalue weighted by Gasteiger charge is 2.54. The molecule has 382 valence electrons. The van der Waals surface area contributed by atoms with Crippen LogP contribution in [0.15, 0.2) is 24.3 Å². The molecule has 8 unspecified atom stereocenters. The summed E-state index contributed by atoms with van der Waals surface area (Å²) in [6.45, 7) is 3.11. The van der Waals surface area contributed by atoms with Crippen LogP contribution in [-0.4, -0.2) is 103 Å². The summed E-state index contributed by atoms with van der Waals surface area (Å²) in [5, 5.41) is 41.3. The van der Waals surface area contributed by atoms with Crippen LogP contribution in [0, 0.1) is 0 Å². The molecular weight excluding hydrogens is 882 g/mol. The molecule has 8 atom stereocenters. The van der Waals surface area contributed by atoms with E-state index in [1.54, 1.807) is 0 Å². The molecule has 0 aromatic carbocycles. The minimum Gasteiger partial charge on any atom is -0.462 e. The first-order valence-corrected chi connectivity index (χ1v) is 27.9. The third-order valence-corrected chi connectivity index (χ3v) is 13.0. The molecule has 0 aromatic rings. The van der Waals surface area contributed by atoms with E-state index in [4.69, 9.17) is 18.5 Å². The van der Waals surface area contributed by atoms with E-state index in [-0.39, 0.29) is 12.8 Å². The first-order chi connectivity index (χ1) is 31.1. The summed E-state index contributed by atoms with van der Waals surface area (Å²) in [4.78, 5) is 54.3. The minimum atomic E-state index is -5.36. The van der Waals surface area contributed by atoms with Crippen LogP contribution in [0.25, 0.3) is 0 Å². The van der Waals surface area contributed by atoms with Gasteiger partial charge in [-0.3, -0.25) is 23.2 Å². The standard InChI is InChI=1S/C47H88O16P2/c1-3-5-7-9-11-13-15-17-19-20-22-23-25-27-29-31-33-35-40(48)59-37-39(61-41(49)36-34-32-30-28-26-24-21-18-16-14-12-10-8-6-4-2)38-60-65(57,58)63-47-44(52)42(50)43(51)46(45(47)53)62-64(54,55)56/h17-19,21,39,42-47,50-53H,3-16,20,22-38H2,1-2H3,(H,57,58)(H2,54,55,56). The fourth-order valence-electron chi connectivity index (χ4n) is 7.60. The summed E-state index contributed by atoms with van der Waals surface area (Å²) in [7, 11) is -10.7. The monoisotopic (exact) mass is 971 g/mol. The first kappa shape index (κ1) is 61.5. The quantitative estimate of drug-likeness (QED) is 0.0130. The van der Waals surface area contributed by atoms with Crippen molar-refractivity contribution in [2.24, 2.45) is 0 Å². The Morgan fingerprint density at radius 2 is 0.846 bits per heavy atom. The lowest BCUT2D eigenvalue weighted by Gasteiger charge is -2.43. The molecule has 1 aliphatic rings. The zero-order valence-corrected chi connectivity index (χ0v) is 41.5. The highest BCUT2D eigenvalue weighted by Crippen LogP contribution is 2.49. The van der Waals surface area contributed by atoms with E-state index < -0.39 is 83.5 Å². The molecule has 18 heteroatoms. The third-order valence-electron chi connectivity index (χ3n) is 11.5. The van der Waals surface area contributed by atoms with Crippen molar-refractivity contribution >= 4 is 27.6 Å². The minimum absolute atomic E-state index is 0.0352. The van der Waals surface area contributed by atoms with Crippen LogP contribution < -0.4 is 0 Å². The number of unbranched alkanes of at least 4 members (excludes halogenated alkanes) is 24. The Labute approximate surface area is 390 Å². The highest BCUT2D eigenvalue weighted by molar-refractivity contribution is 7.47. The molecule has 1 rings (SSSR count). The van der Waals surface area contributed by atoms with Crippen LogP contribution in [0.3, 0.4) is 0 Å². The fourth-order valence-corrected chi connectivity index (χ4v) is 9.14. The number of hydrogen-bond donors (Lipinski definition) is 7. The predicted molar refractivity (Wildman–Crippen MR) is 251 cm³/mol. The summed E-state index contributed by atoms with van der Waals surface area (Å²) >= 11 is 0. The summed E-state index contributed by atoms with van der Waals surface area (Å²) in [5.41, 5.74) is 0. The van der Waals surface area contributed by atoms with E-state index in [1.807, 2.05) is 0 Å². The number of ether oxygens (including phenoxy) is 2. The third kappa shape index (κ3) is 32.8. The zero-order chi connectivity index (χ0) is 48.2. The fraction of sp³-hybridized carbons (Fsp3) is 0.872. The number of hydrogen-bond acceptors (Lipinski definition) is 13. The Kier molecular flexibility index (Phi) is 36.3. The van der Waals surface area contributed by atoms with Gasteiger partial charge in [-0.05, 0) is 64.2 Å². The molecule has 1 aliphatic carbocycles. The smallest absolute Gasteiger partial charge is 0.462 e. The zero-order valence-electron chi connectivity index (χ0n) is 39.7. The maximum atomic E-state index is 13.0. The van der Waals surface area contributed by atoms with Gasteiger partial charge in [0.25, 0.3) is 0 Å². The molecule has 0 saturated heterocycles. The van der Waals surface area contributed by atoms with Gasteiger partial charge in [0.2, 0.25) is 0 Å². The summed E-state index contributed by atoms with van der Waals surface area (Å²) in [6, 6.07) is 0. The second kappa shape index (κ2) is 38.3. The second-order valence-electron chi connectivity index (χ2n) is 17.5. The number of esters is 2. The molecule has 1 fully saturated rings. The van der Waals surface area contributed by atoms with Crippen molar-refractivity contribution in [3.05, 3.63) is 24.3 Å². The maximum Gasteiger partial charge on any atom is 0.472 e. The number of carbonyl (C=O) groups is 2. The number of allylic oxidation sites excluding steroid dienone is 4. The van der Waals surface area contributed by atoms with Gasteiger partial charge in [0, 0.05) is 12.8 Å². The number of carbonyl (C=O) groups excluding carboxylic acids is 2. The van der Waals surface area contributed by atoms with E-state index in [2.05, 4.69) is 42.7 Å². The molecule has 7 N–H and O–H groups in total. The number of aliphatic hydroxyl groups excluding tert-OH is 4. The summed E-state index contributed by atoms with van der Waals surface area (Å²) < 4.78 is 49.4. The van der Waals surface area contributed by atoms with Gasteiger partial charge in [0.05, 0.1) is 6.61 Å². The molecular formula is C47H88O16P2. The lowest BCUT2D eigenvalue weighted by atomic mass is 9.85. The van der Waals surface area contributed by atoms with E-state index in [0.717, 1.165) is 89.9 Å². The van der Waals surface area contributed by atoms with Crippen LogP contribution >= 0.6 is 15.6 Å². The second-order valence-corrected chi connectivity index (χ2v) is 20.1. The van der Waals surface area contributed by atoms with Gasteiger partial charge in [0.1, 0.15) is 43.2 Å². The van der Waals surface area contributed by atoms with Gasteiger partial charge in [-0.15, -0.1) is 0 Å². The lowest BCUT2D eigenvalue weighted by molar-refractivity contribution is -0.216. The molecule has 65 heavy (non-hydrogen) atoms. The van der Waals surface area contributed by atoms with Crippen molar-refractivity contribution in [3.8, 4) is 0 Å². The molecule has 0 aliphatic heterocycles. The van der Waals surface area contributed by atoms with Gasteiger partial charge in [-0.1, -0.05) is 154 Å². The van der Waals surface area contributed by atoms with Crippen molar-refractivity contribution in [1.82, 2.24) is 0 Å². The van der Waals surface area contributed by atoms with Gasteiger partial charge in [-0.25, -0.2) is 9.13 Å². The molecule has 0 aromatic heterocycles. The number of phosphoric acid groups is 2. The van der Waals surface area contributed by atoms with Crippen LogP contribution in [0.4, 0.5) is 0 Å². The molecule has 0 heterocycles. The normalized spacial score (nSPS) is 21.8. The Hall–Kier alpha value is -1.52. The van der Waals surface area contributed by atoms with Gasteiger partial charge in [-0.2, -0.15) is 0 Å². The van der Waals surface area contributed by atoms with Crippen LogP contribution in [-0.2, 0) is 41.8 Å². The van der Waals surface area contributed by atoms with Crippen molar-refractivity contribution in [2.45, 2.75) is 249 Å². The van der Waals surface area contributed by atoms with Gasteiger partial charge < -0.3 is 44.6 Å². The molecule has 1 saturated carbocycles. The van der Waals surface area contributed by atoms with Gasteiger partial charge >= 0.3 is 27.6 Å². The van der Waals surface area contributed by atoms with Crippen LogP contribution in [0.2, 0.25) is 0 Å². The van der Waals surface area contributed by atoms with Crippen LogP contribution in [0.5, 0.6) is 0 Å². The van der Waals surface area contributed by atoms with Crippen molar-refractivity contribution in [1.29, 1.82) is 0 Å². The van der Waals surface area contributed by atoms with Crippen LogP contribution in [0.1, 0.15) is 206 Å². The molecule has 16 nitrogen and oxygen atoms in total. The number of rotatable bonds is 42. The van der Waals surface area contributed by atoms with E-state index >= 15 is 0 Å². The lowest BCUT2D eigenvalue weighted by Crippen LogP contribution is -2.64. The molecule has 0 radical (unpaired) electrons. The van der Waals surface area contributed by atoms with E-state index in [1.165, 1.54) is 77.0 Å². The highest BCUT2D eigenvalue weighted by atomic mass is 31.2. The Morgan fingerprint density at radius 1 is 0.477 bits per heavy atom. The summed E-state index contributed by atoms with van der Waals surface area (Å²) in [6.07, 6.45) is 25.6. The average molecular weight is 971 g/mol. The Balaban J connectivity index is 2.57. The Morgan fingerprint density at radius 3 is 1.26 bits per heavy atom. The summed E-state index contributed by atoms with van der Waals surface area (Å²) in [5.74, 6) is -1.21. The Bertz CT molecular complexity index is 1360. The largest absolute Gasteiger partial charge is 0.472 e. The predicted octanol–water partition coefficient (Wildman–Crippen LogP) is 9.73. The van der Waals surface area contributed by atoms with E-state index in [0.29, 0.717) is 12.8 Å².